The van der Waals surface area contributed by atoms with Crippen LogP contribution >= 0.6 is 11.6 Å². The van der Waals surface area contributed by atoms with Gasteiger partial charge >= 0.3 is 5.97 Å². The summed E-state index contributed by atoms with van der Waals surface area (Å²) in [6.07, 6.45) is 0. The van der Waals surface area contributed by atoms with Gasteiger partial charge in [0.05, 0.1) is 17.1 Å². The van der Waals surface area contributed by atoms with Gasteiger partial charge in [-0.1, -0.05) is 29.8 Å². The summed E-state index contributed by atoms with van der Waals surface area (Å²) < 4.78 is 5.13. The van der Waals surface area contributed by atoms with Crippen LogP contribution in [0.25, 0.3) is 10.9 Å². The Morgan fingerprint density at radius 2 is 1.89 bits per heavy atom. The number of nitriles is 1. The van der Waals surface area contributed by atoms with Crippen molar-refractivity contribution in [3.05, 3.63) is 71.4 Å². The standard InChI is InChI=1S/C20H14ClN3O3/c21-18-9-7-14-12-15(6-8-17(14)23-18)20(26)27-13-19(25)24(11-10-22)16-4-2-1-3-5-16/h1-9,12H,11,13H2. The zero-order valence-electron chi connectivity index (χ0n) is 14.1. The van der Waals surface area contributed by atoms with Crippen molar-refractivity contribution in [2.24, 2.45) is 0 Å². The van der Waals surface area contributed by atoms with Crippen molar-refractivity contribution < 1.29 is 14.3 Å². The van der Waals surface area contributed by atoms with E-state index in [2.05, 4.69) is 4.98 Å². The van der Waals surface area contributed by atoms with E-state index in [4.69, 9.17) is 21.6 Å². The number of amides is 1. The fourth-order valence-electron chi connectivity index (χ4n) is 2.52. The molecule has 0 saturated heterocycles. The van der Waals surface area contributed by atoms with Crippen LogP contribution in [-0.4, -0.2) is 30.0 Å². The van der Waals surface area contributed by atoms with Crippen LogP contribution in [0.5, 0.6) is 0 Å². The number of anilines is 1. The number of benzene rings is 2. The number of carbonyl (C=O) groups excluding carboxylic acids is 2. The lowest BCUT2D eigenvalue weighted by atomic mass is 10.1. The molecule has 6 nitrogen and oxygen atoms in total. The summed E-state index contributed by atoms with van der Waals surface area (Å²) in [6.45, 7) is -0.602. The molecule has 0 radical (unpaired) electrons. The second kappa shape index (κ2) is 8.30. The lowest BCUT2D eigenvalue weighted by molar-refractivity contribution is -0.121. The summed E-state index contributed by atoms with van der Waals surface area (Å²) in [4.78, 5) is 30.1. The molecule has 0 aliphatic rings. The van der Waals surface area contributed by atoms with Gasteiger partial charge in [0.15, 0.2) is 6.61 Å². The van der Waals surface area contributed by atoms with E-state index in [-0.39, 0.29) is 6.54 Å². The van der Waals surface area contributed by atoms with E-state index in [0.29, 0.717) is 21.9 Å². The molecular formula is C20H14ClN3O3. The Kier molecular flexibility index (Phi) is 5.64. The van der Waals surface area contributed by atoms with Gasteiger partial charge in [0.25, 0.3) is 5.91 Å². The Morgan fingerprint density at radius 3 is 2.63 bits per heavy atom. The quantitative estimate of drug-likeness (QED) is 0.384. The minimum Gasteiger partial charge on any atom is -0.452 e. The third kappa shape index (κ3) is 4.40. The molecule has 1 amide bonds. The maximum absolute atomic E-state index is 12.4. The molecule has 0 fully saturated rings. The fourth-order valence-corrected chi connectivity index (χ4v) is 2.67. The average Bonchev–Trinajstić information content (AvgIpc) is 2.70. The highest BCUT2D eigenvalue weighted by molar-refractivity contribution is 6.29. The zero-order valence-corrected chi connectivity index (χ0v) is 14.9. The summed E-state index contributed by atoms with van der Waals surface area (Å²) in [5.41, 5.74) is 1.51. The van der Waals surface area contributed by atoms with Gasteiger partial charge in [-0.25, -0.2) is 9.78 Å². The van der Waals surface area contributed by atoms with E-state index >= 15 is 0 Å². The number of nitrogens with zero attached hydrogens (tertiary/aromatic N) is 3. The Morgan fingerprint density at radius 1 is 1.11 bits per heavy atom. The van der Waals surface area contributed by atoms with Crippen LogP contribution in [0.3, 0.4) is 0 Å². The molecule has 7 heteroatoms. The normalized spacial score (nSPS) is 10.2. The Hall–Kier alpha value is -3.43. The van der Waals surface area contributed by atoms with Crippen LogP contribution in [0.4, 0.5) is 5.69 Å². The van der Waals surface area contributed by atoms with Crippen LogP contribution in [0.1, 0.15) is 10.4 Å². The summed E-state index contributed by atoms with van der Waals surface area (Å²) in [5, 5.41) is 10.1. The predicted molar refractivity (Wildman–Crippen MR) is 101 cm³/mol. The molecular weight excluding hydrogens is 366 g/mol. The minimum atomic E-state index is -0.634. The number of fused-ring (bicyclic) bond motifs is 1. The summed E-state index contributed by atoms with van der Waals surface area (Å²) in [6, 6.07) is 18.9. The fraction of sp³-hybridized carbons (Fsp3) is 0.100. The Balaban J connectivity index is 1.70. The SMILES string of the molecule is N#CCN(C(=O)COC(=O)c1ccc2nc(Cl)ccc2c1)c1ccccc1. The topological polar surface area (TPSA) is 83.3 Å². The summed E-state index contributed by atoms with van der Waals surface area (Å²) >= 11 is 5.84. The average molecular weight is 380 g/mol. The maximum Gasteiger partial charge on any atom is 0.338 e. The van der Waals surface area contributed by atoms with Crippen molar-refractivity contribution in [3.63, 3.8) is 0 Å². The lowest BCUT2D eigenvalue weighted by Gasteiger charge is -2.19. The molecule has 0 spiro atoms. The number of esters is 1. The van der Waals surface area contributed by atoms with Gasteiger partial charge in [-0.3, -0.25) is 9.69 Å². The molecule has 3 rings (SSSR count). The van der Waals surface area contributed by atoms with Crippen LogP contribution in [0.15, 0.2) is 60.7 Å². The number of para-hydroxylation sites is 1. The Bertz CT molecular complexity index is 1030. The smallest absolute Gasteiger partial charge is 0.338 e. The van der Waals surface area contributed by atoms with E-state index in [1.54, 1.807) is 60.7 Å². The van der Waals surface area contributed by atoms with Crippen molar-refractivity contribution in [3.8, 4) is 6.07 Å². The zero-order chi connectivity index (χ0) is 19.2. The van der Waals surface area contributed by atoms with E-state index in [9.17, 15) is 9.59 Å². The number of pyridine rings is 1. The molecule has 1 aromatic heterocycles. The number of hydrogen-bond donors (Lipinski definition) is 0. The number of aromatic nitrogens is 1. The molecule has 0 unspecified atom stereocenters. The van der Waals surface area contributed by atoms with Crippen LogP contribution in [-0.2, 0) is 9.53 Å². The molecule has 0 aliphatic heterocycles. The summed E-state index contributed by atoms with van der Waals surface area (Å²) in [5.74, 6) is -1.12. The first-order valence-corrected chi connectivity index (χ1v) is 8.42. The minimum absolute atomic E-state index is 0.136. The van der Waals surface area contributed by atoms with Crippen molar-refractivity contribution in [2.45, 2.75) is 0 Å². The highest BCUT2D eigenvalue weighted by atomic mass is 35.5. The molecule has 0 atom stereocenters. The molecule has 27 heavy (non-hydrogen) atoms. The van der Waals surface area contributed by atoms with Gasteiger partial charge in [-0.05, 0) is 42.5 Å². The Labute approximate surface area is 160 Å². The first-order chi connectivity index (χ1) is 13.1. The van der Waals surface area contributed by atoms with Crippen molar-refractivity contribution in [2.75, 3.05) is 18.1 Å². The van der Waals surface area contributed by atoms with Gasteiger partial charge in [-0.2, -0.15) is 5.26 Å². The van der Waals surface area contributed by atoms with Crippen LogP contribution < -0.4 is 4.90 Å². The third-order valence-corrected chi connectivity index (χ3v) is 4.03. The molecule has 134 valence electrons. The number of rotatable bonds is 5. The number of carbonyl (C=O) groups is 2. The summed E-state index contributed by atoms with van der Waals surface area (Å²) in [7, 11) is 0. The van der Waals surface area contributed by atoms with Crippen molar-refractivity contribution in [1.82, 2.24) is 4.98 Å². The van der Waals surface area contributed by atoms with Gasteiger partial charge in [-0.15, -0.1) is 0 Å². The monoisotopic (exact) mass is 379 g/mol. The number of halogens is 1. The maximum atomic E-state index is 12.4. The van der Waals surface area contributed by atoms with E-state index in [0.717, 1.165) is 5.39 Å². The molecule has 2 aromatic carbocycles. The lowest BCUT2D eigenvalue weighted by Crippen LogP contribution is -2.35. The van der Waals surface area contributed by atoms with Crippen molar-refractivity contribution in [1.29, 1.82) is 5.26 Å². The first-order valence-electron chi connectivity index (χ1n) is 8.04. The molecule has 0 bridgehead atoms. The van der Waals surface area contributed by atoms with E-state index in [1.165, 1.54) is 4.90 Å². The van der Waals surface area contributed by atoms with E-state index in [1.807, 2.05) is 6.07 Å². The molecule has 3 aromatic rings. The van der Waals surface area contributed by atoms with Crippen LogP contribution in [0, 0.1) is 11.3 Å². The first kappa shape index (κ1) is 18.4. The van der Waals surface area contributed by atoms with Crippen LogP contribution in [0.2, 0.25) is 5.15 Å². The highest BCUT2D eigenvalue weighted by Crippen LogP contribution is 2.18. The van der Waals surface area contributed by atoms with Gasteiger partial charge in [0.2, 0.25) is 0 Å². The second-order valence-electron chi connectivity index (χ2n) is 5.59. The third-order valence-electron chi connectivity index (χ3n) is 3.82. The number of ether oxygens (including phenoxy) is 1. The predicted octanol–water partition coefficient (Wildman–Crippen LogP) is 3.60. The van der Waals surface area contributed by atoms with Gasteiger partial charge < -0.3 is 4.74 Å². The molecule has 0 aliphatic carbocycles. The largest absolute Gasteiger partial charge is 0.452 e. The molecule has 0 N–H and O–H groups in total. The second-order valence-corrected chi connectivity index (χ2v) is 5.98. The van der Waals surface area contributed by atoms with Crippen molar-refractivity contribution >= 4 is 40.1 Å². The molecule has 1 heterocycles. The number of hydrogen-bond acceptors (Lipinski definition) is 5. The van der Waals surface area contributed by atoms with Gasteiger partial charge in [0, 0.05) is 11.1 Å². The molecule has 0 saturated carbocycles. The van der Waals surface area contributed by atoms with Gasteiger partial charge in [0.1, 0.15) is 11.7 Å². The highest BCUT2D eigenvalue weighted by Gasteiger charge is 2.18. The van der Waals surface area contributed by atoms with E-state index < -0.39 is 18.5 Å².